The molecule has 16 nitrogen and oxygen atoms in total. The van der Waals surface area contributed by atoms with Crippen LogP contribution >= 0.6 is 0 Å². The molecular formula is C39H50N9O7+. The Labute approximate surface area is 320 Å². The summed E-state index contributed by atoms with van der Waals surface area (Å²) < 4.78 is 23.8. The average molecular weight is 757 g/mol. The molecule has 0 amide bonds. The Hall–Kier alpha value is -6.06. The first kappa shape index (κ1) is 40.1. The number of fused-ring (bicyclic) bond motifs is 1. The lowest BCUT2D eigenvalue weighted by Crippen LogP contribution is -2.43. The van der Waals surface area contributed by atoms with Crippen LogP contribution in [0.2, 0.25) is 0 Å². The van der Waals surface area contributed by atoms with Crippen molar-refractivity contribution >= 4 is 23.2 Å². The minimum Gasteiger partial charge on any atom is -0.465 e. The van der Waals surface area contributed by atoms with Crippen molar-refractivity contribution in [1.82, 2.24) is 35.2 Å². The Morgan fingerprint density at radius 2 is 1.75 bits per heavy atom. The summed E-state index contributed by atoms with van der Waals surface area (Å²) in [5.74, 6) is 0.0645. The molecule has 2 unspecified atom stereocenters. The van der Waals surface area contributed by atoms with E-state index < -0.39 is 18.4 Å². The summed E-state index contributed by atoms with van der Waals surface area (Å²) in [5, 5.41) is 20.4. The van der Waals surface area contributed by atoms with Crippen LogP contribution in [0, 0.1) is 5.92 Å². The molecule has 5 rings (SSSR count). The summed E-state index contributed by atoms with van der Waals surface area (Å²) >= 11 is 0. The molecule has 0 radical (unpaired) electrons. The van der Waals surface area contributed by atoms with Crippen LogP contribution in [0.25, 0.3) is 33.5 Å². The van der Waals surface area contributed by atoms with Crippen molar-refractivity contribution in [2.45, 2.75) is 72.8 Å². The Morgan fingerprint density at radius 3 is 2.44 bits per heavy atom. The number of para-hydroxylation sites is 1. The second-order valence-electron chi connectivity index (χ2n) is 14.1. The fraction of sp³-hybridized carbons (Fsp3) is 0.436. The molecule has 0 saturated heterocycles. The second kappa shape index (κ2) is 18.3. The summed E-state index contributed by atoms with van der Waals surface area (Å²) in [6.45, 7) is 12.9. The average Bonchev–Trinajstić information content (AvgIpc) is 3.82. The first-order chi connectivity index (χ1) is 26.3. The van der Waals surface area contributed by atoms with Gasteiger partial charge in [0, 0.05) is 17.3 Å². The van der Waals surface area contributed by atoms with Crippen molar-refractivity contribution in [3.05, 3.63) is 77.9 Å². The molecule has 0 spiro atoms. The molecule has 2 heterocycles. The fourth-order valence-corrected chi connectivity index (χ4v) is 5.71. The maximum Gasteiger partial charge on any atom is 0.511 e. The summed E-state index contributed by atoms with van der Waals surface area (Å²) in [6, 6.07) is 21.4. The monoisotopic (exact) mass is 756 g/mol. The minimum absolute atomic E-state index is 0.0938. The number of H-pyrrole nitrogens is 1. The molecule has 0 fully saturated rings. The summed E-state index contributed by atoms with van der Waals surface area (Å²) in [6.07, 6.45) is -0.807. The van der Waals surface area contributed by atoms with E-state index in [0.717, 1.165) is 28.7 Å². The Balaban J connectivity index is 1.18. The number of ether oxygens (including phenoxy) is 4. The molecule has 0 aliphatic rings. The van der Waals surface area contributed by atoms with Crippen LogP contribution in [0.15, 0.2) is 72.0 Å². The molecule has 55 heavy (non-hydrogen) atoms. The Kier molecular flexibility index (Phi) is 13.4. The van der Waals surface area contributed by atoms with Crippen molar-refractivity contribution in [3.8, 4) is 28.5 Å². The highest BCUT2D eigenvalue weighted by Gasteiger charge is 2.25. The van der Waals surface area contributed by atoms with Gasteiger partial charge in [0.05, 0.1) is 48.9 Å². The number of hydrogen-bond acceptors (Lipinski definition) is 12. The number of nitrogens with one attached hydrogen (secondary N) is 1. The van der Waals surface area contributed by atoms with Gasteiger partial charge in [0.15, 0.2) is 12.9 Å². The van der Waals surface area contributed by atoms with Gasteiger partial charge in [-0.1, -0.05) is 61.5 Å². The van der Waals surface area contributed by atoms with Crippen LogP contribution in [0.3, 0.4) is 0 Å². The van der Waals surface area contributed by atoms with Crippen molar-refractivity contribution in [2.24, 2.45) is 11.2 Å². The van der Waals surface area contributed by atoms with Gasteiger partial charge in [-0.15, -0.1) is 5.10 Å². The molecular weight excluding hydrogens is 706 g/mol. The third kappa shape index (κ3) is 10.5. The molecule has 5 aromatic rings. The quantitative estimate of drug-likeness (QED) is 0.0256. The Morgan fingerprint density at radius 1 is 1.00 bits per heavy atom. The maximum absolute atomic E-state index is 13.5. The number of hydrogen-bond donors (Lipinski definition) is 1. The number of carbonyl (C=O) groups is 2. The number of imidazole rings is 1. The van der Waals surface area contributed by atoms with Gasteiger partial charge in [0.2, 0.25) is 11.6 Å². The van der Waals surface area contributed by atoms with Crippen LogP contribution in [0.5, 0.6) is 6.01 Å². The van der Waals surface area contributed by atoms with Gasteiger partial charge in [-0.25, -0.2) is 14.7 Å². The van der Waals surface area contributed by atoms with E-state index in [1.54, 1.807) is 23.0 Å². The first-order valence-electron chi connectivity index (χ1n) is 18.2. The van der Waals surface area contributed by atoms with Crippen LogP contribution in [0.4, 0.5) is 4.79 Å². The summed E-state index contributed by atoms with van der Waals surface area (Å²) in [4.78, 5) is 37.8. The van der Waals surface area contributed by atoms with E-state index in [1.807, 2.05) is 86.0 Å². The molecule has 2 atom stereocenters. The number of aromatic amines is 1. The van der Waals surface area contributed by atoms with Crippen LogP contribution in [-0.2, 0) is 25.6 Å². The van der Waals surface area contributed by atoms with E-state index >= 15 is 0 Å². The van der Waals surface area contributed by atoms with Gasteiger partial charge in [-0.3, -0.25) is 4.57 Å². The number of aromatic nitrogens is 6. The molecule has 0 saturated carbocycles. The lowest BCUT2D eigenvalue weighted by Gasteiger charge is -2.25. The van der Waals surface area contributed by atoms with Crippen molar-refractivity contribution in [1.29, 1.82) is 0 Å². The van der Waals surface area contributed by atoms with Gasteiger partial charge in [-0.2, -0.15) is 9.99 Å². The van der Waals surface area contributed by atoms with Gasteiger partial charge in [-0.05, 0) is 85.7 Å². The van der Waals surface area contributed by atoms with Crippen molar-refractivity contribution < 1.29 is 38.2 Å². The fourth-order valence-electron chi connectivity index (χ4n) is 5.71. The normalized spacial score (nSPS) is 12.9. The second-order valence-corrected chi connectivity index (χ2v) is 14.1. The zero-order valence-corrected chi connectivity index (χ0v) is 32.7. The SMILES string of the molecule is CCOc1nc2cccc(C(=O)OC(C)OC(=O)OCCCC(C)CO/N=[N+](\C)N(C)C(C)(C)C)c2n1Cc1ccc(-c2ccccc2-c2nnn[nH]2)cc1. The number of carbonyl (C=O) groups excluding carboxylic acids is 2. The largest absolute Gasteiger partial charge is 0.511 e. The Bertz CT molecular complexity index is 2060. The topological polar surface area (TPSA) is 171 Å². The maximum atomic E-state index is 13.5. The highest BCUT2D eigenvalue weighted by atomic mass is 16.8. The van der Waals surface area contributed by atoms with Gasteiger partial charge < -0.3 is 23.8 Å². The third-order valence-corrected chi connectivity index (χ3v) is 8.89. The molecule has 0 aliphatic carbocycles. The lowest BCUT2D eigenvalue weighted by atomic mass is 9.98. The van der Waals surface area contributed by atoms with Crippen LogP contribution in [-0.4, -0.2) is 97.9 Å². The molecule has 16 heteroatoms. The highest BCUT2D eigenvalue weighted by molar-refractivity contribution is 6.02. The number of hydrazine groups is 1. The zero-order chi connectivity index (χ0) is 39.5. The van der Waals surface area contributed by atoms with Crippen molar-refractivity contribution in [3.63, 3.8) is 0 Å². The molecule has 3 aromatic carbocycles. The third-order valence-electron chi connectivity index (χ3n) is 8.89. The smallest absolute Gasteiger partial charge is 0.465 e. The van der Waals surface area contributed by atoms with E-state index in [9.17, 15) is 9.59 Å². The lowest BCUT2D eigenvalue weighted by molar-refractivity contribution is -0.747. The van der Waals surface area contributed by atoms with E-state index in [0.29, 0.717) is 49.0 Å². The first-order valence-corrected chi connectivity index (χ1v) is 18.2. The minimum atomic E-state index is -1.21. The summed E-state index contributed by atoms with van der Waals surface area (Å²) in [7, 11) is 3.76. The molecule has 2 aromatic heterocycles. The van der Waals surface area contributed by atoms with E-state index in [2.05, 4.69) is 51.7 Å². The number of esters is 1. The molecule has 1 N–H and O–H groups in total. The number of nitrogens with zero attached hydrogens (tertiary/aromatic N) is 8. The van der Waals surface area contributed by atoms with E-state index in [-0.39, 0.29) is 23.6 Å². The van der Waals surface area contributed by atoms with E-state index in [1.165, 1.54) is 6.92 Å². The van der Waals surface area contributed by atoms with E-state index in [4.69, 9.17) is 23.8 Å². The van der Waals surface area contributed by atoms with Gasteiger partial charge in [0.25, 0.3) is 6.01 Å². The van der Waals surface area contributed by atoms with Crippen molar-refractivity contribution in [2.75, 3.05) is 33.9 Å². The highest BCUT2D eigenvalue weighted by Crippen LogP contribution is 2.31. The predicted molar refractivity (Wildman–Crippen MR) is 203 cm³/mol. The van der Waals surface area contributed by atoms with Gasteiger partial charge in [0.1, 0.15) is 6.61 Å². The zero-order valence-electron chi connectivity index (χ0n) is 32.7. The van der Waals surface area contributed by atoms with Gasteiger partial charge >= 0.3 is 12.1 Å². The van der Waals surface area contributed by atoms with Crippen LogP contribution in [0.1, 0.15) is 70.3 Å². The molecule has 292 valence electrons. The number of rotatable bonds is 17. The predicted octanol–water partition coefficient (Wildman–Crippen LogP) is 7.07. The summed E-state index contributed by atoms with van der Waals surface area (Å²) in [5.41, 5.74) is 4.99. The number of benzene rings is 3. The number of tetrazole rings is 1. The molecule has 0 aliphatic heterocycles. The van der Waals surface area contributed by atoms with Crippen LogP contribution < -0.4 is 4.74 Å². The molecule has 0 bridgehead atoms. The standard InChI is InChI=1S/C39H50N9O7/c1-9-51-37-40-33-18-12-17-32(34(33)48(37)24-28-19-21-29(22-20-28)30-15-10-11-16-31(30)35-41-43-44-42-35)36(49)54-27(3)55-38(50)52-23-13-14-26(2)25-53-45-47(8)46(7)39(4,5)6/h10-12,15-22,26-27H,9,13-14,23-25H2,1-8H3,(H,41,42,43,44)/q+1/b47-45+.